The number of carbonyl (C=O) groups is 1. The minimum atomic E-state index is -0.727. The van der Waals surface area contributed by atoms with Gasteiger partial charge in [-0.1, -0.05) is 0 Å². The third-order valence-electron chi connectivity index (χ3n) is 3.36. The van der Waals surface area contributed by atoms with Gasteiger partial charge in [-0.3, -0.25) is 9.69 Å². The van der Waals surface area contributed by atoms with E-state index in [9.17, 15) is 4.79 Å². The first-order valence-corrected chi connectivity index (χ1v) is 6.16. The quantitative estimate of drug-likeness (QED) is 0.716. The maximum Gasteiger partial charge on any atom is 0.304 e. The van der Waals surface area contributed by atoms with Crippen molar-refractivity contribution in [2.45, 2.75) is 31.8 Å². The molecular formula is C12H25N3O2. The minimum Gasteiger partial charge on any atom is -0.481 e. The first-order valence-electron chi connectivity index (χ1n) is 6.16. The number of piperazine rings is 1. The Morgan fingerprint density at radius 3 is 2.71 bits per heavy atom. The average molecular weight is 243 g/mol. The molecule has 0 aliphatic carbocycles. The Hall–Kier alpha value is -0.650. The third-order valence-corrected chi connectivity index (χ3v) is 3.36. The van der Waals surface area contributed by atoms with E-state index in [2.05, 4.69) is 43.1 Å². The van der Waals surface area contributed by atoms with Crippen LogP contribution >= 0.6 is 0 Å². The molecule has 5 heteroatoms. The van der Waals surface area contributed by atoms with Crippen molar-refractivity contribution in [3.63, 3.8) is 0 Å². The summed E-state index contributed by atoms with van der Waals surface area (Å²) >= 11 is 0. The van der Waals surface area contributed by atoms with E-state index in [0.29, 0.717) is 0 Å². The zero-order chi connectivity index (χ0) is 13.1. The Morgan fingerprint density at radius 2 is 2.18 bits per heavy atom. The zero-order valence-electron chi connectivity index (χ0n) is 11.4. The summed E-state index contributed by atoms with van der Waals surface area (Å²) in [6, 6.07) is 0.0719. The van der Waals surface area contributed by atoms with Crippen LogP contribution in [-0.2, 0) is 4.79 Å². The summed E-state index contributed by atoms with van der Waals surface area (Å²) in [6.07, 6.45) is 0.203. The summed E-state index contributed by atoms with van der Waals surface area (Å²) in [5.41, 5.74) is 0.102. The lowest BCUT2D eigenvalue weighted by atomic mass is 9.96. The van der Waals surface area contributed by atoms with E-state index in [4.69, 9.17) is 5.11 Å². The van der Waals surface area contributed by atoms with Gasteiger partial charge in [0, 0.05) is 37.8 Å². The van der Waals surface area contributed by atoms with Crippen LogP contribution in [-0.4, -0.2) is 72.7 Å². The second kappa shape index (κ2) is 5.80. The molecule has 17 heavy (non-hydrogen) atoms. The summed E-state index contributed by atoms with van der Waals surface area (Å²) in [5.74, 6) is -0.727. The Morgan fingerprint density at radius 1 is 1.53 bits per heavy atom. The van der Waals surface area contributed by atoms with E-state index in [1.807, 2.05) is 0 Å². The highest BCUT2D eigenvalue weighted by Crippen LogP contribution is 2.19. The number of hydrogen-bond donors (Lipinski definition) is 2. The van der Waals surface area contributed by atoms with Crippen LogP contribution in [0.15, 0.2) is 0 Å². The van der Waals surface area contributed by atoms with Gasteiger partial charge in [-0.05, 0) is 27.9 Å². The van der Waals surface area contributed by atoms with Gasteiger partial charge < -0.3 is 15.3 Å². The Balaban J connectivity index is 2.53. The highest BCUT2D eigenvalue weighted by Gasteiger charge is 2.34. The van der Waals surface area contributed by atoms with E-state index in [0.717, 1.165) is 26.2 Å². The maximum atomic E-state index is 10.7. The van der Waals surface area contributed by atoms with E-state index in [1.165, 1.54) is 0 Å². The van der Waals surface area contributed by atoms with Gasteiger partial charge in [0.15, 0.2) is 0 Å². The van der Waals surface area contributed by atoms with Crippen LogP contribution in [0.25, 0.3) is 0 Å². The maximum absolute atomic E-state index is 10.7. The van der Waals surface area contributed by atoms with Crippen LogP contribution in [0.3, 0.4) is 0 Å². The predicted molar refractivity (Wildman–Crippen MR) is 68.2 cm³/mol. The minimum absolute atomic E-state index is 0.0719. The van der Waals surface area contributed by atoms with E-state index < -0.39 is 5.97 Å². The van der Waals surface area contributed by atoms with Gasteiger partial charge in [0.05, 0.1) is 6.42 Å². The molecule has 1 aliphatic heterocycles. The topological polar surface area (TPSA) is 55.8 Å². The van der Waals surface area contributed by atoms with Crippen LogP contribution in [0.4, 0.5) is 0 Å². The zero-order valence-corrected chi connectivity index (χ0v) is 11.4. The molecule has 0 spiro atoms. The van der Waals surface area contributed by atoms with Crippen LogP contribution in [0.1, 0.15) is 20.3 Å². The molecule has 0 aromatic rings. The second-order valence-electron chi connectivity index (χ2n) is 5.74. The molecule has 0 amide bonds. The van der Waals surface area contributed by atoms with Gasteiger partial charge >= 0.3 is 5.97 Å². The van der Waals surface area contributed by atoms with Gasteiger partial charge in [0.2, 0.25) is 0 Å². The first kappa shape index (κ1) is 14.4. The lowest BCUT2D eigenvalue weighted by Crippen LogP contribution is -2.63. The van der Waals surface area contributed by atoms with Gasteiger partial charge in [-0.15, -0.1) is 0 Å². The molecule has 1 aliphatic rings. The molecule has 0 aromatic carbocycles. The summed E-state index contributed by atoms with van der Waals surface area (Å²) < 4.78 is 0. The number of nitrogens with zero attached hydrogens (tertiary/aromatic N) is 2. The van der Waals surface area contributed by atoms with Crippen molar-refractivity contribution in [1.82, 2.24) is 15.1 Å². The molecule has 1 atom stereocenters. The van der Waals surface area contributed by atoms with E-state index in [-0.39, 0.29) is 18.0 Å². The van der Waals surface area contributed by atoms with Crippen molar-refractivity contribution < 1.29 is 9.90 Å². The van der Waals surface area contributed by atoms with Gasteiger partial charge in [0.25, 0.3) is 0 Å². The molecule has 0 saturated carbocycles. The molecule has 0 aromatic heterocycles. The Bertz CT molecular complexity index is 266. The smallest absolute Gasteiger partial charge is 0.304 e. The third kappa shape index (κ3) is 4.61. The van der Waals surface area contributed by atoms with Gasteiger partial charge in [-0.25, -0.2) is 0 Å². The van der Waals surface area contributed by atoms with Crippen molar-refractivity contribution in [2.24, 2.45) is 0 Å². The van der Waals surface area contributed by atoms with Gasteiger partial charge in [0.1, 0.15) is 0 Å². The Labute approximate surface area is 104 Å². The highest BCUT2D eigenvalue weighted by molar-refractivity contribution is 5.67. The number of likely N-dealkylation sites (N-methyl/N-ethyl adjacent to an activating group) is 1. The van der Waals surface area contributed by atoms with Crippen LogP contribution in [0, 0.1) is 0 Å². The summed E-state index contributed by atoms with van der Waals surface area (Å²) in [5, 5.41) is 12.2. The monoisotopic (exact) mass is 243 g/mol. The van der Waals surface area contributed by atoms with Crippen LogP contribution < -0.4 is 5.32 Å². The summed E-state index contributed by atoms with van der Waals surface area (Å²) in [4.78, 5) is 15.3. The fraction of sp³-hybridized carbons (Fsp3) is 0.917. The number of nitrogens with one attached hydrogen (secondary N) is 1. The molecule has 0 radical (unpaired) electrons. The SMILES string of the molecule is CN(C)CCN1CC(CC(=O)O)NCC1(C)C. The molecule has 1 rings (SSSR count). The highest BCUT2D eigenvalue weighted by atomic mass is 16.4. The number of hydrogen-bond acceptors (Lipinski definition) is 4. The predicted octanol–water partition coefficient (Wildman–Crippen LogP) is 0.0751. The fourth-order valence-corrected chi connectivity index (χ4v) is 2.15. The standard InChI is InChI=1S/C12H25N3O2/c1-12(2)9-13-10(7-11(16)17)8-15(12)6-5-14(3)4/h10,13H,5-9H2,1-4H3,(H,16,17). The second-order valence-corrected chi connectivity index (χ2v) is 5.74. The average Bonchev–Trinajstić information content (AvgIpc) is 2.17. The van der Waals surface area contributed by atoms with Crippen LogP contribution in [0.2, 0.25) is 0 Å². The van der Waals surface area contributed by atoms with Crippen molar-refractivity contribution in [3.05, 3.63) is 0 Å². The molecule has 100 valence electrons. The van der Waals surface area contributed by atoms with Gasteiger partial charge in [-0.2, -0.15) is 0 Å². The molecule has 5 nitrogen and oxygen atoms in total. The first-order chi connectivity index (χ1) is 7.81. The van der Waals surface area contributed by atoms with Crippen molar-refractivity contribution in [3.8, 4) is 0 Å². The fourth-order valence-electron chi connectivity index (χ4n) is 2.15. The van der Waals surface area contributed by atoms with Crippen molar-refractivity contribution >= 4 is 5.97 Å². The molecule has 2 N–H and O–H groups in total. The number of carboxylic acids is 1. The lowest BCUT2D eigenvalue weighted by molar-refractivity contribution is -0.138. The molecule has 1 unspecified atom stereocenters. The molecular weight excluding hydrogens is 218 g/mol. The largest absolute Gasteiger partial charge is 0.481 e. The van der Waals surface area contributed by atoms with Crippen molar-refractivity contribution in [1.29, 1.82) is 0 Å². The van der Waals surface area contributed by atoms with Crippen molar-refractivity contribution in [2.75, 3.05) is 40.3 Å². The number of carboxylic acid groups (broad SMARTS) is 1. The summed E-state index contributed by atoms with van der Waals surface area (Å²) in [7, 11) is 4.12. The molecule has 1 fully saturated rings. The number of rotatable bonds is 5. The molecule has 1 saturated heterocycles. The number of aliphatic carboxylic acids is 1. The summed E-state index contributed by atoms with van der Waals surface area (Å²) in [6.45, 7) is 8.05. The normalized spacial score (nSPS) is 25.1. The molecule has 0 bridgehead atoms. The van der Waals surface area contributed by atoms with Crippen LogP contribution in [0.5, 0.6) is 0 Å². The Kier molecular flexibility index (Phi) is 4.91. The lowest BCUT2D eigenvalue weighted by Gasteiger charge is -2.46. The molecule has 1 heterocycles. The van der Waals surface area contributed by atoms with E-state index in [1.54, 1.807) is 0 Å². The van der Waals surface area contributed by atoms with E-state index >= 15 is 0 Å².